The lowest BCUT2D eigenvalue weighted by atomic mass is 10.2. The Hall–Kier alpha value is -3.03. The second-order valence-corrected chi connectivity index (χ2v) is 4.04. The van der Waals surface area contributed by atoms with Crippen LogP contribution in [0.4, 0.5) is 21.6 Å². The molecule has 0 aliphatic carbocycles. The van der Waals surface area contributed by atoms with Crippen LogP contribution in [0.2, 0.25) is 0 Å². The van der Waals surface area contributed by atoms with Crippen LogP contribution < -0.4 is 10.6 Å². The van der Waals surface area contributed by atoms with Crippen LogP contribution in [0.3, 0.4) is 0 Å². The topological polar surface area (TPSA) is 97.2 Å². The minimum atomic E-state index is -0.720. The molecule has 1 aromatic carbocycles. The second kappa shape index (κ2) is 6.42. The highest BCUT2D eigenvalue weighted by Gasteiger charge is 2.15. The van der Waals surface area contributed by atoms with E-state index in [1.807, 2.05) is 0 Å². The van der Waals surface area contributed by atoms with Crippen LogP contribution >= 0.6 is 0 Å². The average Bonchev–Trinajstić information content (AvgIpc) is 2.47. The van der Waals surface area contributed by atoms with E-state index < -0.39 is 22.3 Å². The lowest BCUT2D eigenvalue weighted by Crippen LogP contribution is -2.22. The van der Waals surface area contributed by atoms with E-state index in [4.69, 9.17) is 0 Å². The number of aromatic nitrogens is 1. The number of halogens is 1. The van der Waals surface area contributed by atoms with Crippen molar-refractivity contribution in [3.05, 3.63) is 58.5 Å². The fourth-order valence-corrected chi connectivity index (χ4v) is 1.60. The van der Waals surface area contributed by atoms with E-state index in [1.54, 1.807) is 18.2 Å². The SMILES string of the molecule is O=C(CNc1ccc(F)cc1[N+](=O)[O-])Nc1ccccn1. The van der Waals surface area contributed by atoms with E-state index >= 15 is 0 Å². The fourth-order valence-electron chi connectivity index (χ4n) is 1.60. The van der Waals surface area contributed by atoms with Gasteiger partial charge in [0, 0.05) is 6.20 Å². The van der Waals surface area contributed by atoms with Gasteiger partial charge < -0.3 is 10.6 Å². The molecule has 1 amide bonds. The highest BCUT2D eigenvalue weighted by atomic mass is 19.1. The summed E-state index contributed by atoms with van der Waals surface area (Å²) in [5, 5.41) is 15.9. The molecule has 2 rings (SSSR count). The summed E-state index contributed by atoms with van der Waals surface area (Å²) in [5.41, 5.74) is -0.363. The molecule has 0 bridgehead atoms. The van der Waals surface area contributed by atoms with E-state index in [1.165, 1.54) is 12.3 Å². The molecule has 0 aliphatic rings. The van der Waals surface area contributed by atoms with Crippen molar-refractivity contribution < 1.29 is 14.1 Å². The highest BCUT2D eigenvalue weighted by Crippen LogP contribution is 2.24. The summed E-state index contributed by atoms with van der Waals surface area (Å²) >= 11 is 0. The second-order valence-electron chi connectivity index (χ2n) is 4.04. The van der Waals surface area contributed by atoms with E-state index in [0.717, 1.165) is 12.1 Å². The molecular weight excluding hydrogens is 279 g/mol. The first kappa shape index (κ1) is 14.4. The number of hydrogen-bond donors (Lipinski definition) is 2. The van der Waals surface area contributed by atoms with Gasteiger partial charge in [0.05, 0.1) is 17.5 Å². The zero-order valence-electron chi connectivity index (χ0n) is 10.7. The van der Waals surface area contributed by atoms with E-state index in [9.17, 15) is 19.3 Å². The van der Waals surface area contributed by atoms with Gasteiger partial charge in [-0.1, -0.05) is 6.07 Å². The van der Waals surface area contributed by atoms with Crippen molar-refractivity contribution in [2.75, 3.05) is 17.2 Å². The van der Waals surface area contributed by atoms with Gasteiger partial charge in [-0.25, -0.2) is 9.37 Å². The van der Waals surface area contributed by atoms with Crippen molar-refractivity contribution in [2.45, 2.75) is 0 Å². The maximum Gasteiger partial charge on any atom is 0.295 e. The number of anilines is 2. The van der Waals surface area contributed by atoms with Crippen LogP contribution in [0.5, 0.6) is 0 Å². The molecule has 0 saturated heterocycles. The predicted molar refractivity (Wildman–Crippen MR) is 74.4 cm³/mol. The van der Waals surface area contributed by atoms with E-state index in [0.29, 0.717) is 5.82 Å². The summed E-state index contributed by atoms with van der Waals surface area (Å²) in [4.78, 5) is 25.7. The molecule has 2 N–H and O–H groups in total. The largest absolute Gasteiger partial charge is 0.371 e. The molecule has 7 nitrogen and oxygen atoms in total. The highest BCUT2D eigenvalue weighted by molar-refractivity contribution is 5.93. The Balaban J connectivity index is 2.00. The minimum Gasteiger partial charge on any atom is -0.371 e. The van der Waals surface area contributed by atoms with Crippen molar-refractivity contribution in [2.24, 2.45) is 0 Å². The molecule has 2 aromatic rings. The van der Waals surface area contributed by atoms with Gasteiger partial charge in [0.2, 0.25) is 5.91 Å². The van der Waals surface area contributed by atoms with Crippen LogP contribution in [0.1, 0.15) is 0 Å². The molecule has 21 heavy (non-hydrogen) atoms. The third-order valence-corrected chi connectivity index (χ3v) is 2.53. The molecule has 1 aromatic heterocycles. The predicted octanol–water partition coefficient (Wildman–Crippen LogP) is 2.18. The van der Waals surface area contributed by atoms with Gasteiger partial charge >= 0.3 is 0 Å². The summed E-state index contributed by atoms with van der Waals surface area (Å²) in [5.74, 6) is -0.768. The Morgan fingerprint density at radius 2 is 2.14 bits per heavy atom. The van der Waals surface area contributed by atoms with Crippen LogP contribution in [0.15, 0.2) is 42.6 Å². The summed E-state index contributed by atoms with van der Waals surface area (Å²) in [7, 11) is 0. The number of nitro groups is 1. The number of rotatable bonds is 5. The number of amides is 1. The number of nitrogens with one attached hydrogen (secondary N) is 2. The zero-order valence-corrected chi connectivity index (χ0v) is 10.7. The first-order chi connectivity index (χ1) is 10.1. The molecule has 0 saturated carbocycles. The van der Waals surface area contributed by atoms with Gasteiger partial charge in [0.15, 0.2) is 0 Å². The summed E-state index contributed by atoms with van der Waals surface area (Å²) < 4.78 is 13.0. The molecule has 0 spiro atoms. The fraction of sp³-hybridized carbons (Fsp3) is 0.0769. The lowest BCUT2D eigenvalue weighted by molar-refractivity contribution is -0.384. The summed E-state index contributed by atoms with van der Waals surface area (Å²) in [6, 6.07) is 8.10. The standard InChI is InChI=1S/C13H11FN4O3/c14-9-4-5-10(11(7-9)18(20)21)16-8-13(19)17-12-3-1-2-6-15-12/h1-7,16H,8H2,(H,15,17,19). The number of hydrogen-bond acceptors (Lipinski definition) is 5. The van der Waals surface area contributed by atoms with Gasteiger partial charge in [-0.15, -0.1) is 0 Å². The van der Waals surface area contributed by atoms with Crippen LogP contribution in [0.25, 0.3) is 0 Å². The molecule has 0 fully saturated rings. The van der Waals surface area contributed by atoms with Crippen LogP contribution in [0, 0.1) is 15.9 Å². The molecule has 1 heterocycles. The Kier molecular flexibility index (Phi) is 4.39. The average molecular weight is 290 g/mol. The molecule has 0 radical (unpaired) electrons. The molecule has 8 heteroatoms. The van der Waals surface area contributed by atoms with Crippen molar-refractivity contribution >= 4 is 23.1 Å². The first-order valence-corrected chi connectivity index (χ1v) is 5.95. The monoisotopic (exact) mass is 290 g/mol. The third kappa shape index (κ3) is 3.96. The Labute approximate surface area is 119 Å². The normalized spacial score (nSPS) is 9.95. The van der Waals surface area contributed by atoms with Gasteiger partial charge in [0.1, 0.15) is 17.3 Å². The van der Waals surface area contributed by atoms with Crippen molar-refractivity contribution in [3.8, 4) is 0 Å². The minimum absolute atomic E-state index is 0.0672. The lowest BCUT2D eigenvalue weighted by Gasteiger charge is -2.07. The molecular formula is C13H11FN4O3. The van der Waals surface area contributed by atoms with Crippen molar-refractivity contribution in [1.29, 1.82) is 0 Å². The Morgan fingerprint density at radius 1 is 1.33 bits per heavy atom. The number of carbonyl (C=O) groups is 1. The molecule has 108 valence electrons. The number of carbonyl (C=O) groups excluding carboxylic acids is 1. The quantitative estimate of drug-likeness (QED) is 0.649. The summed E-state index contributed by atoms with van der Waals surface area (Å²) in [6.45, 7) is -0.205. The Morgan fingerprint density at radius 3 is 2.81 bits per heavy atom. The van der Waals surface area contributed by atoms with Crippen LogP contribution in [-0.2, 0) is 4.79 Å². The van der Waals surface area contributed by atoms with Gasteiger partial charge in [-0.2, -0.15) is 0 Å². The maximum absolute atomic E-state index is 13.0. The third-order valence-electron chi connectivity index (χ3n) is 2.53. The van der Waals surface area contributed by atoms with Gasteiger partial charge in [-0.3, -0.25) is 14.9 Å². The smallest absolute Gasteiger partial charge is 0.295 e. The Bertz CT molecular complexity index is 664. The van der Waals surface area contributed by atoms with Gasteiger partial charge in [0.25, 0.3) is 5.69 Å². The first-order valence-electron chi connectivity index (χ1n) is 5.95. The van der Waals surface area contributed by atoms with Crippen molar-refractivity contribution in [1.82, 2.24) is 4.98 Å². The van der Waals surface area contributed by atoms with Crippen LogP contribution in [-0.4, -0.2) is 22.4 Å². The number of nitrogens with zero attached hydrogens (tertiary/aromatic N) is 2. The molecule has 0 aliphatic heterocycles. The van der Waals surface area contributed by atoms with Gasteiger partial charge in [-0.05, 0) is 24.3 Å². The van der Waals surface area contributed by atoms with E-state index in [-0.39, 0.29) is 12.2 Å². The zero-order chi connectivity index (χ0) is 15.2. The number of pyridine rings is 1. The molecule has 0 atom stereocenters. The summed E-state index contributed by atoms with van der Waals surface area (Å²) in [6.07, 6.45) is 1.52. The maximum atomic E-state index is 13.0. The van der Waals surface area contributed by atoms with E-state index in [2.05, 4.69) is 15.6 Å². The number of benzene rings is 1. The number of nitro benzene ring substituents is 1. The van der Waals surface area contributed by atoms with Crippen molar-refractivity contribution in [3.63, 3.8) is 0 Å². The molecule has 0 unspecified atom stereocenters.